The zero-order chi connectivity index (χ0) is 50.0. The van der Waals surface area contributed by atoms with Crippen molar-refractivity contribution in [3.63, 3.8) is 0 Å². The van der Waals surface area contributed by atoms with Crippen LogP contribution in [0.4, 0.5) is 17.1 Å². The molecule has 0 aliphatic rings. The summed E-state index contributed by atoms with van der Waals surface area (Å²) >= 11 is 0. The highest BCUT2D eigenvalue weighted by atomic mass is 28.3. The third kappa shape index (κ3) is 8.26. The van der Waals surface area contributed by atoms with Crippen LogP contribution < -0.4 is 25.6 Å². The molecule has 0 saturated heterocycles. The van der Waals surface area contributed by atoms with Gasteiger partial charge in [-0.05, 0) is 132 Å². The summed E-state index contributed by atoms with van der Waals surface area (Å²) in [6.07, 6.45) is 0. The Morgan fingerprint density at radius 2 is 0.653 bits per heavy atom. The van der Waals surface area contributed by atoms with Gasteiger partial charge >= 0.3 is 0 Å². The van der Waals surface area contributed by atoms with Gasteiger partial charge in [0.25, 0.3) is 0 Å². The molecule has 0 N–H and O–H groups in total. The minimum Gasteiger partial charge on any atom is -0.311 e. The zero-order valence-electron chi connectivity index (χ0n) is 41.4. The Hall–Kier alpha value is -9.54. The maximum absolute atomic E-state index is 2.75. The van der Waals surface area contributed by atoms with Gasteiger partial charge in [-0.2, -0.15) is 0 Å². The second-order valence-corrected chi connectivity index (χ2v) is 23.0. The number of hydrogen-bond acceptors (Lipinski definition) is 1. The Kier molecular flexibility index (Phi) is 12.0. The molecule has 0 aliphatic carbocycles. The van der Waals surface area contributed by atoms with E-state index in [1.165, 1.54) is 81.5 Å². The van der Waals surface area contributed by atoms with Gasteiger partial charge in [0, 0.05) is 33.5 Å². The molecule has 0 unspecified atom stereocenters. The van der Waals surface area contributed by atoms with Gasteiger partial charge in [0.1, 0.15) is 0 Å². The molecular weight excluding hydrogens is 921 g/mol. The first-order valence-electron chi connectivity index (χ1n) is 25.8. The molecule has 13 aromatic rings. The number of benzene rings is 12. The number of para-hydroxylation sites is 2. The first-order valence-corrected chi connectivity index (χ1v) is 27.8. The molecule has 75 heavy (non-hydrogen) atoms. The third-order valence-electron chi connectivity index (χ3n) is 15.0. The summed E-state index contributed by atoms with van der Waals surface area (Å²) in [5, 5.41) is 7.88. The van der Waals surface area contributed by atoms with E-state index in [0.717, 1.165) is 28.3 Å². The smallest absolute Gasteiger partial charge is 0.179 e. The van der Waals surface area contributed by atoms with Gasteiger partial charge < -0.3 is 9.47 Å². The van der Waals surface area contributed by atoms with Crippen LogP contribution in [0.3, 0.4) is 0 Å². The Morgan fingerprint density at radius 1 is 0.253 bits per heavy atom. The molecule has 0 bridgehead atoms. The number of rotatable bonds is 12. The van der Waals surface area contributed by atoms with E-state index in [9.17, 15) is 0 Å². The number of fused-ring (bicyclic) bond motifs is 3. The Labute approximate surface area is 440 Å². The first kappa shape index (κ1) is 45.3. The van der Waals surface area contributed by atoms with Crippen molar-refractivity contribution in [3.8, 4) is 50.2 Å². The molecule has 0 saturated carbocycles. The van der Waals surface area contributed by atoms with Crippen molar-refractivity contribution >= 4 is 67.7 Å². The van der Waals surface area contributed by atoms with Crippen molar-refractivity contribution in [2.75, 3.05) is 4.90 Å². The molecule has 2 nitrogen and oxygen atoms in total. The van der Waals surface area contributed by atoms with Crippen molar-refractivity contribution in [1.29, 1.82) is 0 Å². The molecule has 0 spiro atoms. The third-order valence-corrected chi connectivity index (χ3v) is 19.8. The van der Waals surface area contributed by atoms with Crippen molar-refractivity contribution in [2.24, 2.45) is 0 Å². The Bertz CT molecular complexity index is 3950. The van der Waals surface area contributed by atoms with Gasteiger partial charge in [-0.25, -0.2) is 0 Å². The summed E-state index contributed by atoms with van der Waals surface area (Å²) in [4.78, 5) is 2.41. The summed E-state index contributed by atoms with van der Waals surface area (Å²) in [6.45, 7) is 0. The lowest BCUT2D eigenvalue weighted by Gasteiger charge is -2.35. The van der Waals surface area contributed by atoms with Crippen LogP contribution in [0.5, 0.6) is 0 Å². The van der Waals surface area contributed by atoms with Crippen LogP contribution in [-0.4, -0.2) is 12.6 Å². The second kappa shape index (κ2) is 19.8. The standard InChI is InChI=1S/C72H52N2Si/c1-7-22-53(23-8-1)57-42-51-66(69(52-57)54-24-9-2-10-25-54)55-38-43-59(44-39-55)73(61-47-49-65(50-48-61)75(62-28-13-4-14-29-62,63-30-15-5-16-31-63)64-32-17-6-18-33-64)60-45-40-56(41-46-60)67-35-21-37-71-72(67)68-34-19-20-36-70(68)74(71)58-26-11-3-12-27-58/h1-52H. The zero-order valence-corrected chi connectivity index (χ0v) is 42.4. The SMILES string of the molecule is c1ccc(-c2ccc(-c3ccc(N(c4ccc(-c5cccc6c5c5ccccc5n6-c5ccccc5)cc4)c4ccc([Si](c5ccccc5)(c5ccccc5)c5ccccc5)cc4)cc3)c(-c3ccccc3)c2)cc1. The average molecular weight is 973 g/mol. The fourth-order valence-electron chi connectivity index (χ4n) is 11.5. The molecule has 13 rings (SSSR count). The van der Waals surface area contributed by atoms with Crippen LogP contribution in [0.1, 0.15) is 0 Å². The molecule has 0 amide bonds. The topological polar surface area (TPSA) is 8.17 Å². The van der Waals surface area contributed by atoms with Crippen molar-refractivity contribution in [3.05, 3.63) is 315 Å². The molecule has 0 aliphatic heterocycles. The van der Waals surface area contributed by atoms with Crippen LogP contribution in [0.15, 0.2) is 315 Å². The van der Waals surface area contributed by atoms with Crippen LogP contribution >= 0.6 is 0 Å². The average Bonchev–Trinajstić information content (AvgIpc) is 3.84. The highest BCUT2D eigenvalue weighted by Crippen LogP contribution is 2.42. The lowest BCUT2D eigenvalue weighted by molar-refractivity contribution is 1.18. The molecule has 0 atom stereocenters. The van der Waals surface area contributed by atoms with E-state index in [0.29, 0.717) is 0 Å². The molecule has 0 fully saturated rings. The summed E-state index contributed by atoms with van der Waals surface area (Å²) in [7, 11) is -2.75. The van der Waals surface area contributed by atoms with Gasteiger partial charge in [-0.15, -0.1) is 0 Å². The van der Waals surface area contributed by atoms with E-state index >= 15 is 0 Å². The normalized spacial score (nSPS) is 11.5. The van der Waals surface area contributed by atoms with Crippen LogP contribution in [0, 0.1) is 0 Å². The molecule has 0 radical (unpaired) electrons. The van der Waals surface area contributed by atoms with Crippen LogP contribution in [0.25, 0.3) is 72.0 Å². The predicted molar refractivity (Wildman–Crippen MR) is 321 cm³/mol. The molecule has 12 aromatic carbocycles. The number of aromatic nitrogens is 1. The largest absolute Gasteiger partial charge is 0.311 e. The fraction of sp³-hybridized carbons (Fsp3) is 0. The van der Waals surface area contributed by atoms with Gasteiger partial charge in [-0.1, -0.05) is 249 Å². The molecule has 354 valence electrons. The van der Waals surface area contributed by atoms with Crippen LogP contribution in [0.2, 0.25) is 0 Å². The van der Waals surface area contributed by atoms with Gasteiger partial charge in [-0.3, -0.25) is 0 Å². The van der Waals surface area contributed by atoms with Gasteiger partial charge in [0.05, 0.1) is 11.0 Å². The summed E-state index contributed by atoms with van der Waals surface area (Å²) in [6, 6.07) is 116. The van der Waals surface area contributed by atoms with Crippen molar-refractivity contribution in [2.45, 2.75) is 0 Å². The Balaban J connectivity index is 0.950. The minimum atomic E-state index is -2.75. The minimum absolute atomic E-state index is 1.08. The quantitative estimate of drug-likeness (QED) is 0.0875. The summed E-state index contributed by atoms with van der Waals surface area (Å²) in [5.74, 6) is 0. The first-order chi connectivity index (χ1) is 37.2. The maximum atomic E-state index is 2.41. The van der Waals surface area contributed by atoms with Gasteiger partial charge in [0.2, 0.25) is 0 Å². The van der Waals surface area contributed by atoms with E-state index < -0.39 is 8.07 Å². The summed E-state index contributed by atoms with van der Waals surface area (Å²) in [5.41, 5.74) is 16.3. The number of nitrogens with zero attached hydrogens (tertiary/aromatic N) is 2. The lowest BCUT2D eigenvalue weighted by atomic mass is 9.91. The number of hydrogen-bond donors (Lipinski definition) is 0. The number of anilines is 3. The van der Waals surface area contributed by atoms with Crippen molar-refractivity contribution < 1.29 is 0 Å². The molecular formula is C72H52N2Si. The monoisotopic (exact) mass is 972 g/mol. The second-order valence-electron chi connectivity index (χ2n) is 19.2. The van der Waals surface area contributed by atoms with Crippen molar-refractivity contribution in [1.82, 2.24) is 4.57 Å². The van der Waals surface area contributed by atoms with E-state index in [1.54, 1.807) is 0 Å². The summed E-state index contributed by atoms with van der Waals surface area (Å²) < 4.78 is 2.39. The van der Waals surface area contributed by atoms with Crippen LogP contribution in [-0.2, 0) is 0 Å². The lowest BCUT2D eigenvalue weighted by Crippen LogP contribution is -2.74. The molecule has 3 heteroatoms. The molecule has 1 heterocycles. The fourth-order valence-corrected chi connectivity index (χ4v) is 16.3. The van der Waals surface area contributed by atoms with E-state index in [2.05, 4.69) is 325 Å². The van der Waals surface area contributed by atoms with E-state index in [1.807, 2.05) is 0 Å². The maximum Gasteiger partial charge on any atom is 0.179 e. The Morgan fingerprint density at radius 3 is 1.20 bits per heavy atom. The molecule has 1 aromatic heterocycles. The highest BCUT2D eigenvalue weighted by molar-refractivity contribution is 7.19. The highest BCUT2D eigenvalue weighted by Gasteiger charge is 2.41. The van der Waals surface area contributed by atoms with E-state index in [-0.39, 0.29) is 0 Å². The van der Waals surface area contributed by atoms with Gasteiger partial charge in [0.15, 0.2) is 8.07 Å². The van der Waals surface area contributed by atoms with E-state index in [4.69, 9.17) is 0 Å². The predicted octanol–water partition coefficient (Wildman–Crippen LogP) is 16.3.